The zero-order chi connectivity index (χ0) is 33.2. The minimum atomic E-state index is 0.813. The van der Waals surface area contributed by atoms with Gasteiger partial charge in [-0.3, -0.25) is 0 Å². The molecule has 6 nitrogen and oxygen atoms in total. The summed E-state index contributed by atoms with van der Waals surface area (Å²) < 4.78 is 11.7. The summed E-state index contributed by atoms with van der Waals surface area (Å²) in [5, 5.41) is 0. The van der Waals surface area contributed by atoms with Gasteiger partial charge in [0.1, 0.15) is 11.5 Å². The molecule has 252 valence electrons. The van der Waals surface area contributed by atoms with E-state index in [1.165, 1.54) is 64.2 Å². The standard InChI is InChI=1S/C22H38O2.C20H14N4/c1-3-5-7-9-11-13-18-23-21-16-15-17-22(20-21)24-19-14-12-10-8-6-4-2;1-2-14-10-16-5-6-18(23-16)12-20-8-7-19(24-20)11-17-4-3-15(22-17)9-13(1)21-14/h15-17,20H,3-14,18-19H2,1-2H3;1-12,21,24H. The molecule has 8 bridgehead atoms. The van der Waals surface area contributed by atoms with Gasteiger partial charge in [0.05, 0.1) is 36.0 Å². The highest BCUT2D eigenvalue weighted by Crippen LogP contribution is 2.21. The Kier molecular flexibility index (Phi) is 14.0. The summed E-state index contributed by atoms with van der Waals surface area (Å²) in [6, 6.07) is 24.4. The van der Waals surface area contributed by atoms with Crippen LogP contribution in [0.3, 0.4) is 0 Å². The minimum absolute atomic E-state index is 0.813. The first kappa shape index (κ1) is 34.7. The second kappa shape index (κ2) is 19.3. The lowest BCUT2D eigenvalue weighted by Gasteiger charge is -2.09. The third-order valence-corrected chi connectivity index (χ3v) is 8.38. The summed E-state index contributed by atoms with van der Waals surface area (Å²) >= 11 is 0. The Balaban J connectivity index is 0.000000188. The predicted octanol–water partition coefficient (Wildman–Crippen LogP) is 11.8. The van der Waals surface area contributed by atoms with Crippen LogP contribution in [0.2, 0.25) is 0 Å². The molecule has 0 amide bonds. The Morgan fingerprint density at radius 3 is 1.17 bits per heavy atom. The second-order valence-electron chi connectivity index (χ2n) is 12.6. The zero-order valence-electron chi connectivity index (χ0n) is 28.8. The zero-order valence-corrected chi connectivity index (χ0v) is 28.8. The number of hydrogen-bond donors (Lipinski definition) is 2. The molecule has 4 aromatic rings. The molecule has 0 aliphatic carbocycles. The first-order valence-corrected chi connectivity index (χ1v) is 18.1. The van der Waals surface area contributed by atoms with Gasteiger partial charge >= 0.3 is 0 Å². The van der Waals surface area contributed by atoms with Crippen molar-refractivity contribution in [1.29, 1.82) is 0 Å². The van der Waals surface area contributed by atoms with Crippen molar-refractivity contribution in [2.24, 2.45) is 0 Å². The molecular formula is C42H52N4O2. The number of rotatable bonds is 16. The van der Waals surface area contributed by atoms with E-state index in [0.29, 0.717) is 0 Å². The maximum atomic E-state index is 5.84. The Morgan fingerprint density at radius 1 is 0.438 bits per heavy atom. The van der Waals surface area contributed by atoms with Crippen molar-refractivity contribution in [3.63, 3.8) is 0 Å². The Labute approximate surface area is 286 Å². The van der Waals surface area contributed by atoms with E-state index in [1.54, 1.807) is 0 Å². The van der Waals surface area contributed by atoms with E-state index in [-0.39, 0.29) is 0 Å². The van der Waals surface area contributed by atoms with Crippen LogP contribution < -0.4 is 9.47 Å². The molecule has 0 atom stereocenters. The summed E-state index contributed by atoms with van der Waals surface area (Å²) in [6.45, 7) is 6.13. The van der Waals surface area contributed by atoms with Crippen LogP contribution in [-0.2, 0) is 0 Å². The normalized spacial score (nSPS) is 11.7. The number of H-pyrrole nitrogens is 2. The average Bonchev–Trinajstić information content (AvgIpc) is 3.92. The third kappa shape index (κ3) is 11.9. The van der Waals surface area contributed by atoms with Gasteiger partial charge in [-0.25, -0.2) is 9.97 Å². The van der Waals surface area contributed by atoms with E-state index in [9.17, 15) is 0 Å². The summed E-state index contributed by atoms with van der Waals surface area (Å²) in [5.41, 5.74) is 7.86. The van der Waals surface area contributed by atoms with Crippen molar-refractivity contribution >= 4 is 46.4 Å². The van der Waals surface area contributed by atoms with Gasteiger partial charge in [-0.05, 0) is 97.8 Å². The van der Waals surface area contributed by atoms with E-state index < -0.39 is 0 Å². The fourth-order valence-electron chi connectivity index (χ4n) is 5.74. The van der Waals surface area contributed by atoms with Crippen molar-refractivity contribution < 1.29 is 9.47 Å². The first-order valence-electron chi connectivity index (χ1n) is 18.1. The lowest BCUT2D eigenvalue weighted by atomic mass is 10.1. The molecule has 48 heavy (non-hydrogen) atoms. The van der Waals surface area contributed by atoms with E-state index >= 15 is 0 Å². The number of fused-ring (bicyclic) bond motifs is 8. The number of aromatic amines is 2. The summed E-state index contributed by atoms with van der Waals surface area (Å²) in [7, 11) is 0. The Morgan fingerprint density at radius 2 is 0.792 bits per heavy atom. The lowest BCUT2D eigenvalue weighted by Crippen LogP contribution is -2.00. The Hall–Kier alpha value is -4.58. The van der Waals surface area contributed by atoms with E-state index in [0.717, 1.165) is 82.4 Å². The maximum absolute atomic E-state index is 5.84. The van der Waals surface area contributed by atoms with Gasteiger partial charge < -0.3 is 19.4 Å². The van der Waals surface area contributed by atoms with Gasteiger partial charge in [-0.2, -0.15) is 0 Å². The topological polar surface area (TPSA) is 75.8 Å². The molecule has 0 unspecified atom stereocenters. The molecule has 0 saturated heterocycles. The average molecular weight is 645 g/mol. The van der Waals surface area contributed by atoms with E-state index in [1.807, 2.05) is 72.8 Å². The fraction of sp³-hybridized carbons (Fsp3) is 0.381. The molecule has 2 N–H and O–H groups in total. The molecule has 6 rings (SSSR count). The highest BCUT2D eigenvalue weighted by molar-refractivity contribution is 5.77. The highest BCUT2D eigenvalue weighted by Gasteiger charge is 2.02. The number of aromatic nitrogens is 4. The molecular weight excluding hydrogens is 592 g/mol. The molecule has 3 aromatic heterocycles. The molecule has 0 saturated carbocycles. The van der Waals surface area contributed by atoms with Crippen LogP contribution in [0.5, 0.6) is 11.5 Å². The number of benzene rings is 1. The molecule has 0 fully saturated rings. The summed E-state index contributed by atoms with van der Waals surface area (Å²) in [4.78, 5) is 16.0. The van der Waals surface area contributed by atoms with Crippen molar-refractivity contribution in [2.45, 2.75) is 90.9 Å². The van der Waals surface area contributed by atoms with Crippen molar-refractivity contribution in [2.75, 3.05) is 13.2 Å². The fourth-order valence-corrected chi connectivity index (χ4v) is 5.74. The van der Waals surface area contributed by atoms with Gasteiger partial charge in [0.2, 0.25) is 0 Å². The number of hydrogen-bond acceptors (Lipinski definition) is 4. The van der Waals surface area contributed by atoms with E-state index in [4.69, 9.17) is 9.47 Å². The number of nitrogens with zero attached hydrogens (tertiary/aromatic N) is 2. The van der Waals surface area contributed by atoms with Crippen molar-refractivity contribution in [3.8, 4) is 11.5 Å². The van der Waals surface area contributed by atoms with Crippen LogP contribution in [-0.4, -0.2) is 33.1 Å². The summed E-state index contributed by atoms with van der Waals surface area (Å²) in [5.74, 6) is 1.87. The molecule has 2 aliphatic rings. The molecule has 5 heterocycles. The Bertz CT molecular complexity index is 1570. The largest absolute Gasteiger partial charge is 0.493 e. The number of nitrogens with one attached hydrogen (secondary N) is 2. The molecule has 0 spiro atoms. The van der Waals surface area contributed by atoms with Crippen molar-refractivity contribution in [1.82, 2.24) is 19.9 Å². The minimum Gasteiger partial charge on any atom is -0.493 e. The van der Waals surface area contributed by atoms with Crippen LogP contribution in [0.4, 0.5) is 0 Å². The van der Waals surface area contributed by atoms with Gasteiger partial charge in [0.15, 0.2) is 0 Å². The quantitative estimate of drug-likeness (QED) is 0.103. The second-order valence-corrected chi connectivity index (χ2v) is 12.6. The van der Waals surface area contributed by atoms with Crippen LogP contribution in [0, 0.1) is 0 Å². The van der Waals surface area contributed by atoms with Gasteiger partial charge in [0.25, 0.3) is 0 Å². The van der Waals surface area contributed by atoms with Crippen LogP contribution in [0.15, 0.2) is 72.8 Å². The molecule has 2 aliphatic heterocycles. The molecule has 1 aromatic carbocycles. The maximum Gasteiger partial charge on any atom is 0.122 e. The molecule has 6 heteroatoms. The van der Waals surface area contributed by atoms with Crippen LogP contribution in [0.25, 0.3) is 46.4 Å². The van der Waals surface area contributed by atoms with Gasteiger partial charge in [0, 0.05) is 28.1 Å². The monoisotopic (exact) mass is 644 g/mol. The number of ether oxygens (including phenoxy) is 2. The van der Waals surface area contributed by atoms with Gasteiger partial charge in [-0.15, -0.1) is 0 Å². The first-order chi connectivity index (χ1) is 23.7. The van der Waals surface area contributed by atoms with Gasteiger partial charge in [-0.1, -0.05) is 84.1 Å². The van der Waals surface area contributed by atoms with Crippen molar-refractivity contribution in [3.05, 3.63) is 95.6 Å². The predicted molar refractivity (Wildman–Crippen MR) is 203 cm³/mol. The smallest absolute Gasteiger partial charge is 0.122 e. The SMILES string of the molecule is C1=Cc2cc3ccc(cc4nc(cc5ccc(cc1n2)[nH]5)C=C4)[nH]3.CCCCCCCCOc1cccc(OCCCCCCCC)c1. The lowest BCUT2D eigenvalue weighted by molar-refractivity contribution is 0.290. The van der Waals surface area contributed by atoms with E-state index in [2.05, 4.69) is 58.0 Å². The van der Waals surface area contributed by atoms with Crippen LogP contribution in [0.1, 0.15) is 114 Å². The third-order valence-electron chi connectivity index (χ3n) is 8.38. The number of unbranched alkanes of at least 4 members (excludes halogenated alkanes) is 10. The van der Waals surface area contributed by atoms with Crippen LogP contribution >= 0.6 is 0 Å². The highest BCUT2D eigenvalue weighted by atomic mass is 16.5. The summed E-state index contributed by atoms with van der Waals surface area (Å²) in [6.07, 6.45) is 23.6. The molecule has 0 radical (unpaired) electrons.